The van der Waals surface area contributed by atoms with Crippen molar-refractivity contribution in [3.8, 4) is 0 Å². The summed E-state index contributed by atoms with van der Waals surface area (Å²) in [6, 6.07) is 9.94. The first-order chi connectivity index (χ1) is 15.3. The monoisotopic (exact) mass is 479 g/mol. The third-order valence-electron chi connectivity index (χ3n) is 5.81. The highest BCUT2D eigenvalue weighted by Gasteiger charge is 2.36. The first kappa shape index (κ1) is 22.7. The van der Waals surface area contributed by atoms with Crippen molar-refractivity contribution in [1.29, 1.82) is 0 Å². The maximum absolute atomic E-state index is 14.6. The Morgan fingerprint density at radius 1 is 1.12 bits per heavy atom. The second-order valence-electron chi connectivity index (χ2n) is 7.88. The molecule has 2 amide bonds. The van der Waals surface area contributed by atoms with Crippen molar-refractivity contribution in [2.24, 2.45) is 0 Å². The van der Waals surface area contributed by atoms with E-state index in [4.69, 9.17) is 11.6 Å². The lowest BCUT2D eigenvalue weighted by molar-refractivity contribution is -0.116. The number of sulfonamides is 1. The van der Waals surface area contributed by atoms with Gasteiger partial charge in [0.15, 0.2) is 0 Å². The molecule has 0 radical (unpaired) electrons. The molecule has 2 aromatic carbocycles. The van der Waals surface area contributed by atoms with Crippen LogP contribution in [-0.4, -0.2) is 50.5 Å². The number of rotatable bonds is 6. The van der Waals surface area contributed by atoms with Crippen molar-refractivity contribution in [3.63, 3.8) is 0 Å². The van der Waals surface area contributed by atoms with Gasteiger partial charge >= 0.3 is 0 Å². The van der Waals surface area contributed by atoms with E-state index in [-0.39, 0.29) is 30.3 Å². The molecule has 7 nitrogen and oxygen atoms in total. The number of carbonyl (C=O) groups excluding carboxylic acids is 2. The topological polar surface area (TPSA) is 86.8 Å². The van der Waals surface area contributed by atoms with Crippen LogP contribution in [0.3, 0.4) is 0 Å². The Kier molecular flexibility index (Phi) is 6.50. The molecule has 0 aromatic heterocycles. The summed E-state index contributed by atoms with van der Waals surface area (Å²) in [5, 5.41) is 3.15. The second-order valence-corrected chi connectivity index (χ2v) is 10.2. The number of halogens is 2. The molecule has 2 saturated heterocycles. The van der Waals surface area contributed by atoms with Crippen molar-refractivity contribution in [2.45, 2.75) is 25.3 Å². The van der Waals surface area contributed by atoms with Crippen molar-refractivity contribution in [3.05, 3.63) is 64.4 Å². The van der Waals surface area contributed by atoms with Crippen LogP contribution in [0.2, 0.25) is 5.02 Å². The smallest absolute Gasteiger partial charge is 0.251 e. The average molecular weight is 480 g/mol. The van der Waals surface area contributed by atoms with E-state index < -0.39 is 27.8 Å². The highest BCUT2D eigenvalue weighted by atomic mass is 35.5. The number of nitrogens with one attached hydrogen (secondary N) is 1. The fourth-order valence-electron chi connectivity index (χ4n) is 4.20. The molecule has 170 valence electrons. The molecule has 2 aromatic rings. The molecule has 2 fully saturated rings. The number of hydrogen-bond acceptors (Lipinski definition) is 5. The van der Waals surface area contributed by atoms with Crippen LogP contribution in [0.4, 0.5) is 10.1 Å². The van der Waals surface area contributed by atoms with E-state index in [0.29, 0.717) is 16.1 Å². The minimum absolute atomic E-state index is 0.0545. The van der Waals surface area contributed by atoms with Crippen LogP contribution in [0.5, 0.6) is 0 Å². The van der Waals surface area contributed by atoms with Crippen molar-refractivity contribution >= 4 is 39.1 Å². The van der Waals surface area contributed by atoms with Crippen LogP contribution in [-0.2, 0) is 14.8 Å². The summed E-state index contributed by atoms with van der Waals surface area (Å²) in [6.45, 7) is 1.75. The van der Waals surface area contributed by atoms with Crippen LogP contribution in [0.15, 0.2) is 42.5 Å². The van der Waals surface area contributed by atoms with Gasteiger partial charge in [0.05, 0.1) is 17.5 Å². The zero-order chi connectivity index (χ0) is 22.9. The number of amides is 2. The van der Waals surface area contributed by atoms with Crippen molar-refractivity contribution in [2.75, 3.05) is 29.7 Å². The van der Waals surface area contributed by atoms with Crippen LogP contribution < -0.4 is 9.62 Å². The molecule has 0 spiro atoms. The molecule has 1 unspecified atom stereocenters. The lowest BCUT2D eigenvalue weighted by atomic mass is 10.0. The van der Waals surface area contributed by atoms with Crippen LogP contribution in [0, 0.1) is 5.82 Å². The van der Waals surface area contributed by atoms with E-state index in [1.165, 1.54) is 30.3 Å². The van der Waals surface area contributed by atoms with Crippen molar-refractivity contribution in [1.82, 2.24) is 10.2 Å². The SMILES string of the molecule is O=C(NCC(c1c(F)cccc1Cl)N1CCCC1)c1ccc(N2C(=O)CCS2(=O)=O)cc1. The third-order valence-corrected chi connectivity index (χ3v) is 7.83. The molecule has 1 N–H and O–H groups in total. The Bertz CT molecular complexity index is 1110. The standard InChI is InChI=1S/C22H23ClFN3O4S/c23-17-4-3-5-18(24)21(17)19(26-11-1-2-12-26)14-25-22(29)15-6-8-16(9-7-15)27-20(28)10-13-32(27,30)31/h3-9,19H,1-2,10-14H2,(H,25,29). The van der Waals surface area contributed by atoms with Crippen LogP contribution >= 0.6 is 11.6 Å². The largest absolute Gasteiger partial charge is 0.350 e. The Morgan fingerprint density at radius 3 is 2.41 bits per heavy atom. The zero-order valence-corrected chi connectivity index (χ0v) is 18.8. The summed E-state index contributed by atoms with van der Waals surface area (Å²) in [5.74, 6) is -1.50. The third kappa shape index (κ3) is 4.51. The Labute approximate surface area is 191 Å². The molecule has 32 heavy (non-hydrogen) atoms. The first-order valence-corrected chi connectivity index (χ1v) is 12.4. The fraction of sp³-hybridized carbons (Fsp3) is 0.364. The first-order valence-electron chi connectivity index (χ1n) is 10.4. The molecule has 1 atom stereocenters. The van der Waals surface area contributed by atoms with Gasteiger partial charge in [-0.25, -0.2) is 17.1 Å². The van der Waals surface area contributed by atoms with Gasteiger partial charge in [0.2, 0.25) is 15.9 Å². The van der Waals surface area contributed by atoms with Gasteiger partial charge < -0.3 is 5.32 Å². The highest BCUT2D eigenvalue weighted by Crippen LogP contribution is 2.32. The molecule has 2 heterocycles. The summed E-state index contributed by atoms with van der Waals surface area (Å²) in [7, 11) is -3.66. The van der Waals surface area contributed by atoms with Crippen LogP contribution in [0.1, 0.15) is 41.2 Å². The van der Waals surface area contributed by atoms with Gasteiger partial charge in [-0.05, 0) is 62.3 Å². The molecule has 0 bridgehead atoms. The van der Waals surface area contributed by atoms with E-state index in [2.05, 4.69) is 10.2 Å². The van der Waals surface area contributed by atoms with Crippen LogP contribution in [0.25, 0.3) is 0 Å². The van der Waals surface area contributed by atoms with Gasteiger partial charge in [-0.2, -0.15) is 0 Å². The van der Waals surface area contributed by atoms with E-state index in [0.717, 1.165) is 30.2 Å². The number of hydrogen-bond donors (Lipinski definition) is 1. The minimum Gasteiger partial charge on any atom is -0.350 e. The number of anilines is 1. The van der Waals surface area contributed by atoms with E-state index in [1.54, 1.807) is 12.1 Å². The van der Waals surface area contributed by atoms with Gasteiger partial charge in [0.25, 0.3) is 5.91 Å². The van der Waals surface area contributed by atoms with E-state index in [1.807, 2.05) is 0 Å². The normalized spacial score (nSPS) is 19.3. The maximum atomic E-state index is 14.6. The number of carbonyl (C=O) groups is 2. The van der Waals surface area contributed by atoms with E-state index >= 15 is 0 Å². The predicted molar refractivity (Wildman–Crippen MR) is 120 cm³/mol. The predicted octanol–water partition coefficient (Wildman–Crippen LogP) is 3.11. The van der Waals surface area contributed by atoms with Gasteiger partial charge in [-0.1, -0.05) is 17.7 Å². The number of likely N-dealkylation sites (tertiary alicyclic amines) is 1. The van der Waals surface area contributed by atoms with Gasteiger partial charge in [-0.3, -0.25) is 14.5 Å². The summed E-state index contributed by atoms with van der Waals surface area (Å²) in [4.78, 5) is 26.8. The Morgan fingerprint density at radius 2 is 1.81 bits per heavy atom. The summed E-state index contributed by atoms with van der Waals surface area (Å²) < 4.78 is 39.5. The molecule has 4 rings (SSSR count). The molecular weight excluding hydrogens is 457 g/mol. The minimum atomic E-state index is -3.66. The Balaban J connectivity index is 1.49. The van der Waals surface area contributed by atoms with Crippen molar-refractivity contribution < 1.29 is 22.4 Å². The molecule has 2 aliphatic rings. The fourth-order valence-corrected chi connectivity index (χ4v) is 5.95. The maximum Gasteiger partial charge on any atom is 0.251 e. The summed E-state index contributed by atoms with van der Waals surface area (Å²) in [6.07, 6.45) is 1.94. The molecule has 0 saturated carbocycles. The molecule has 10 heteroatoms. The quantitative estimate of drug-likeness (QED) is 0.688. The lowest BCUT2D eigenvalue weighted by Gasteiger charge is -2.29. The summed E-state index contributed by atoms with van der Waals surface area (Å²) >= 11 is 6.29. The molecule has 0 aliphatic carbocycles. The number of nitrogens with zero attached hydrogens (tertiary/aromatic N) is 2. The Hall–Kier alpha value is -2.49. The number of benzene rings is 2. The average Bonchev–Trinajstić information content (AvgIpc) is 3.38. The van der Waals surface area contributed by atoms with Gasteiger partial charge in [0.1, 0.15) is 5.82 Å². The second kappa shape index (κ2) is 9.17. The molecule has 2 aliphatic heterocycles. The van der Waals surface area contributed by atoms with E-state index in [9.17, 15) is 22.4 Å². The molecular formula is C22H23ClFN3O4S. The van der Waals surface area contributed by atoms with Gasteiger partial charge in [-0.15, -0.1) is 0 Å². The summed E-state index contributed by atoms with van der Waals surface area (Å²) in [5.41, 5.74) is 0.874. The lowest BCUT2D eigenvalue weighted by Crippen LogP contribution is -2.37. The highest BCUT2D eigenvalue weighted by molar-refractivity contribution is 7.94. The zero-order valence-electron chi connectivity index (χ0n) is 17.3. The van der Waals surface area contributed by atoms with Gasteiger partial charge in [0, 0.05) is 29.1 Å².